The van der Waals surface area contributed by atoms with E-state index in [0.29, 0.717) is 52.5 Å². The number of nitrogens with one attached hydrogen (secondary N) is 2. The molecule has 14 heteroatoms. The highest BCUT2D eigenvalue weighted by molar-refractivity contribution is 7.22. The number of pyridine rings is 1. The lowest BCUT2D eigenvalue weighted by atomic mass is 9.92. The molecule has 3 aromatic carbocycles. The molecule has 0 spiro atoms. The summed E-state index contributed by atoms with van der Waals surface area (Å²) in [5.74, 6) is -1.66. The van der Waals surface area contributed by atoms with E-state index in [1.54, 1.807) is 23.1 Å². The summed E-state index contributed by atoms with van der Waals surface area (Å²) in [7, 11) is 0. The normalized spacial score (nSPS) is 15.0. The van der Waals surface area contributed by atoms with E-state index in [-0.39, 0.29) is 24.0 Å². The van der Waals surface area contributed by atoms with Crippen molar-refractivity contribution in [1.82, 2.24) is 14.8 Å². The van der Waals surface area contributed by atoms with Gasteiger partial charge in [-0.15, -0.1) is 11.3 Å². The smallest absolute Gasteiger partial charge is 0.338 e. The van der Waals surface area contributed by atoms with Gasteiger partial charge in [0.1, 0.15) is 23.6 Å². The van der Waals surface area contributed by atoms with Crippen LogP contribution in [0.2, 0.25) is 0 Å². The molecule has 11 nitrogen and oxygen atoms in total. The van der Waals surface area contributed by atoms with Crippen LogP contribution in [0.1, 0.15) is 41.6 Å². The van der Waals surface area contributed by atoms with Crippen molar-refractivity contribution in [3.8, 4) is 21.9 Å². The Kier molecular flexibility index (Phi) is 10.6. The maximum absolute atomic E-state index is 15.3. The molecule has 4 heterocycles. The molecule has 0 radical (unpaired) electrons. The standard InChI is InChI=1S/C42H37F2N5O6S/c43-30-5-7-31(8-6-30)47-40(51)42(14-15-42)41(52)48-32-9-10-35(33(44)22-32)55-36-11-16-45-34-23-37(56-38(34)36)29-24-46-49(25-29)17-20-54-39(50)28-3-1-26(2-4-28)21-27-12-18-53-19-13-27/h1-11,16,22-25,27H,12-15,17-21H2,(H,47,51)(H,48,52). The van der Waals surface area contributed by atoms with Crippen LogP contribution < -0.4 is 15.4 Å². The SMILES string of the molecule is O=C(OCCn1cc(-c2cc3nccc(Oc4ccc(NC(=O)C5(C(=O)Nc6ccc(F)cc6)CC5)cc4F)c3s2)cn1)c1ccc(CC2CCOCC2)cc1. The molecule has 0 atom stereocenters. The molecule has 1 aliphatic heterocycles. The summed E-state index contributed by atoms with van der Waals surface area (Å²) in [6.07, 6.45) is 8.91. The van der Waals surface area contributed by atoms with E-state index in [9.17, 15) is 18.8 Å². The number of halogens is 2. The Morgan fingerprint density at radius 2 is 1.62 bits per heavy atom. The molecule has 1 saturated heterocycles. The number of benzene rings is 3. The summed E-state index contributed by atoms with van der Waals surface area (Å²) in [5.41, 5.74) is 2.44. The Labute approximate surface area is 324 Å². The van der Waals surface area contributed by atoms with Crippen LogP contribution in [0.15, 0.2) is 97.5 Å². The van der Waals surface area contributed by atoms with Crippen molar-refractivity contribution >= 4 is 50.7 Å². The second-order valence-electron chi connectivity index (χ2n) is 14.0. The van der Waals surface area contributed by atoms with Gasteiger partial charge < -0.3 is 24.8 Å². The molecule has 0 unspecified atom stereocenters. The summed E-state index contributed by atoms with van der Waals surface area (Å²) in [6, 6.07) is 20.4. The number of rotatable bonds is 13. The molecule has 2 N–H and O–H groups in total. The fourth-order valence-electron chi connectivity index (χ4n) is 6.62. The Bertz CT molecular complexity index is 2390. The van der Waals surface area contributed by atoms with Crippen LogP contribution in [0, 0.1) is 23.0 Å². The fraction of sp³-hybridized carbons (Fsp3) is 0.262. The van der Waals surface area contributed by atoms with Crippen LogP contribution in [0.4, 0.5) is 20.2 Å². The van der Waals surface area contributed by atoms with Crippen molar-refractivity contribution in [2.75, 3.05) is 30.5 Å². The van der Waals surface area contributed by atoms with E-state index in [4.69, 9.17) is 14.2 Å². The van der Waals surface area contributed by atoms with Crippen molar-refractivity contribution < 1.29 is 37.4 Å². The molecule has 56 heavy (non-hydrogen) atoms. The van der Waals surface area contributed by atoms with E-state index in [1.165, 1.54) is 53.3 Å². The van der Waals surface area contributed by atoms with Gasteiger partial charge in [0.05, 0.1) is 28.5 Å². The van der Waals surface area contributed by atoms with Gasteiger partial charge in [0.15, 0.2) is 11.6 Å². The molecule has 8 rings (SSSR count). The predicted molar refractivity (Wildman–Crippen MR) is 207 cm³/mol. The molecule has 0 bridgehead atoms. The quantitative estimate of drug-likeness (QED) is 0.0883. The zero-order valence-corrected chi connectivity index (χ0v) is 31.0. The summed E-state index contributed by atoms with van der Waals surface area (Å²) >= 11 is 1.41. The molecule has 3 aromatic heterocycles. The van der Waals surface area contributed by atoms with E-state index in [2.05, 4.69) is 20.7 Å². The van der Waals surface area contributed by atoms with Gasteiger partial charge in [0.25, 0.3) is 0 Å². The third-order valence-electron chi connectivity index (χ3n) is 10.0. The predicted octanol–water partition coefficient (Wildman–Crippen LogP) is 8.41. The molecular weight excluding hydrogens is 741 g/mol. The monoisotopic (exact) mass is 777 g/mol. The molecule has 286 valence electrons. The number of carbonyl (C=O) groups is 3. The average molecular weight is 778 g/mol. The summed E-state index contributed by atoms with van der Waals surface area (Å²) < 4.78 is 48.0. The van der Waals surface area contributed by atoms with Crippen molar-refractivity contribution in [1.29, 1.82) is 0 Å². The Morgan fingerprint density at radius 1 is 0.893 bits per heavy atom. The minimum Gasteiger partial charge on any atom is -0.460 e. The number of aromatic nitrogens is 3. The van der Waals surface area contributed by atoms with Gasteiger partial charge in [-0.2, -0.15) is 5.10 Å². The van der Waals surface area contributed by atoms with Crippen LogP contribution >= 0.6 is 11.3 Å². The number of ether oxygens (including phenoxy) is 3. The van der Waals surface area contributed by atoms with Crippen molar-refractivity contribution in [3.05, 3.63) is 120 Å². The Hall–Kier alpha value is -5.99. The van der Waals surface area contributed by atoms with Gasteiger partial charge in [0, 0.05) is 59.6 Å². The second-order valence-corrected chi connectivity index (χ2v) is 15.0. The number of hydrogen-bond donors (Lipinski definition) is 2. The zero-order chi connectivity index (χ0) is 38.6. The molecular formula is C42H37F2N5O6S. The Balaban J connectivity index is 0.858. The van der Waals surface area contributed by atoms with Crippen molar-refractivity contribution in [3.63, 3.8) is 0 Å². The maximum Gasteiger partial charge on any atom is 0.338 e. The summed E-state index contributed by atoms with van der Waals surface area (Å²) in [5, 5.41) is 9.74. The second kappa shape index (κ2) is 16.0. The first-order valence-electron chi connectivity index (χ1n) is 18.3. The lowest BCUT2D eigenvalue weighted by molar-refractivity contribution is -0.131. The highest BCUT2D eigenvalue weighted by Crippen LogP contribution is 2.48. The van der Waals surface area contributed by atoms with Crippen molar-refractivity contribution in [2.45, 2.75) is 38.6 Å². The number of anilines is 2. The molecule has 1 saturated carbocycles. The van der Waals surface area contributed by atoms with Crippen LogP contribution in [0.25, 0.3) is 20.7 Å². The summed E-state index contributed by atoms with van der Waals surface area (Å²) in [4.78, 5) is 44.0. The van der Waals surface area contributed by atoms with Crippen molar-refractivity contribution in [2.24, 2.45) is 11.3 Å². The first-order valence-corrected chi connectivity index (χ1v) is 19.2. The first kappa shape index (κ1) is 37.0. The van der Waals surface area contributed by atoms with E-state index >= 15 is 4.39 Å². The van der Waals surface area contributed by atoms with Gasteiger partial charge in [0.2, 0.25) is 11.8 Å². The average Bonchev–Trinajstić information content (AvgIpc) is 3.69. The van der Waals surface area contributed by atoms with Gasteiger partial charge in [-0.25, -0.2) is 13.6 Å². The number of hydrogen-bond acceptors (Lipinski definition) is 9. The minimum absolute atomic E-state index is 0.0612. The molecule has 1 aliphatic carbocycles. The molecule has 2 aliphatic rings. The largest absolute Gasteiger partial charge is 0.460 e. The van der Waals surface area contributed by atoms with Gasteiger partial charge in [-0.05, 0) is 98.2 Å². The number of nitrogens with zero attached hydrogens (tertiary/aromatic N) is 3. The number of esters is 1. The highest BCUT2D eigenvalue weighted by Gasteiger charge is 2.56. The Morgan fingerprint density at radius 3 is 2.36 bits per heavy atom. The maximum atomic E-state index is 15.3. The number of fused-ring (bicyclic) bond motifs is 1. The van der Waals surface area contributed by atoms with Gasteiger partial charge in [-0.1, -0.05) is 12.1 Å². The lowest BCUT2D eigenvalue weighted by Gasteiger charge is -2.21. The van der Waals surface area contributed by atoms with Crippen LogP contribution in [0.5, 0.6) is 11.5 Å². The molecule has 2 fully saturated rings. The van der Waals surface area contributed by atoms with Gasteiger partial charge >= 0.3 is 5.97 Å². The molecule has 2 amide bonds. The number of carbonyl (C=O) groups excluding carboxylic acids is 3. The third kappa shape index (κ3) is 8.31. The first-order chi connectivity index (χ1) is 27.2. The van der Waals surface area contributed by atoms with E-state index < -0.39 is 28.9 Å². The van der Waals surface area contributed by atoms with E-state index in [0.717, 1.165) is 49.0 Å². The number of amides is 2. The lowest BCUT2D eigenvalue weighted by Crippen LogP contribution is -2.35. The third-order valence-corrected chi connectivity index (χ3v) is 11.2. The minimum atomic E-state index is -1.29. The summed E-state index contributed by atoms with van der Waals surface area (Å²) in [6.45, 7) is 2.14. The number of thiophene rings is 1. The van der Waals surface area contributed by atoms with Gasteiger partial charge in [-0.3, -0.25) is 19.3 Å². The fourth-order valence-corrected chi connectivity index (χ4v) is 7.66. The van der Waals surface area contributed by atoms with Crippen LogP contribution in [-0.4, -0.2) is 52.4 Å². The highest BCUT2D eigenvalue weighted by atomic mass is 32.1. The molecule has 6 aromatic rings. The van der Waals surface area contributed by atoms with Crippen LogP contribution in [0.3, 0.4) is 0 Å². The van der Waals surface area contributed by atoms with E-state index in [1.807, 2.05) is 36.5 Å². The topological polar surface area (TPSA) is 134 Å². The zero-order valence-electron chi connectivity index (χ0n) is 30.1. The van der Waals surface area contributed by atoms with Crippen LogP contribution in [-0.2, 0) is 32.0 Å².